The molecular formula is C14H28N2. The minimum atomic E-state index is 0.384. The van der Waals surface area contributed by atoms with Gasteiger partial charge in [-0.05, 0) is 50.6 Å². The molecule has 2 unspecified atom stereocenters. The highest BCUT2D eigenvalue weighted by molar-refractivity contribution is 4.90. The van der Waals surface area contributed by atoms with Crippen molar-refractivity contribution in [3.05, 3.63) is 0 Å². The lowest BCUT2D eigenvalue weighted by atomic mass is 9.88. The van der Waals surface area contributed by atoms with Gasteiger partial charge in [0.2, 0.25) is 0 Å². The molecule has 0 aromatic heterocycles. The summed E-state index contributed by atoms with van der Waals surface area (Å²) >= 11 is 0. The minimum absolute atomic E-state index is 0.384. The van der Waals surface area contributed by atoms with E-state index in [1.165, 1.54) is 38.9 Å². The molecule has 0 amide bonds. The molecule has 0 radical (unpaired) electrons. The van der Waals surface area contributed by atoms with Crippen LogP contribution >= 0.6 is 0 Å². The molecule has 1 saturated carbocycles. The molecule has 2 atom stereocenters. The summed E-state index contributed by atoms with van der Waals surface area (Å²) in [7, 11) is 0. The average Bonchev–Trinajstić information content (AvgIpc) is 2.94. The maximum atomic E-state index is 3.72. The molecule has 1 aliphatic carbocycles. The number of hydrogen-bond acceptors (Lipinski definition) is 2. The third kappa shape index (κ3) is 3.21. The summed E-state index contributed by atoms with van der Waals surface area (Å²) in [4.78, 5) is 2.70. The lowest BCUT2D eigenvalue weighted by Gasteiger charge is -2.29. The Kier molecular flexibility index (Phi) is 3.60. The predicted molar refractivity (Wildman–Crippen MR) is 69.6 cm³/mol. The second kappa shape index (κ2) is 4.66. The van der Waals surface area contributed by atoms with E-state index in [-0.39, 0.29) is 0 Å². The molecule has 2 nitrogen and oxygen atoms in total. The minimum Gasteiger partial charge on any atom is -0.313 e. The van der Waals surface area contributed by atoms with Crippen molar-refractivity contribution in [2.75, 3.05) is 19.6 Å². The highest BCUT2D eigenvalue weighted by Gasteiger charge is 2.34. The molecule has 0 aromatic rings. The molecule has 94 valence electrons. The van der Waals surface area contributed by atoms with Gasteiger partial charge in [0.05, 0.1) is 0 Å². The first-order chi connectivity index (χ1) is 7.47. The van der Waals surface area contributed by atoms with E-state index in [1.807, 2.05) is 0 Å². The quantitative estimate of drug-likeness (QED) is 0.789. The number of nitrogens with zero attached hydrogens (tertiary/aromatic N) is 1. The zero-order valence-corrected chi connectivity index (χ0v) is 11.4. The van der Waals surface area contributed by atoms with Crippen molar-refractivity contribution in [3.63, 3.8) is 0 Å². The second-order valence-corrected chi connectivity index (χ2v) is 6.88. The summed E-state index contributed by atoms with van der Waals surface area (Å²) in [6.07, 6.45) is 4.32. The Bertz CT molecular complexity index is 227. The van der Waals surface area contributed by atoms with Crippen molar-refractivity contribution in [1.29, 1.82) is 0 Å². The number of rotatable bonds is 4. The fraction of sp³-hybridized carbons (Fsp3) is 1.00. The fourth-order valence-corrected chi connectivity index (χ4v) is 2.45. The fourth-order valence-electron chi connectivity index (χ4n) is 2.45. The van der Waals surface area contributed by atoms with Crippen LogP contribution in [0, 0.1) is 11.3 Å². The summed E-state index contributed by atoms with van der Waals surface area (Å²) in [5.41, 5.74) is 0.384. The van der Waals surface area contributed by atoms with E-state index in [0.29, 0.717) is 11.5 Å². The Balaban J connectivity index is 1.67. The molecule has 2 heteroatoms. The molecule has 1 saturated heterocycles. The predicted octanol–water partition coefficient (Wildman–Crippen LogP) is 2.49. The zero-order valence-electron chi connectivity index (χ0n) is 11.4. The van der Waals surface area contributed by atoms with Crippen LogP contribution in [0.5, 0.6) is 0 Å². The van der Waals surface area contributed by atoms with Crippen molar-refractivity contribution < 1.29 is 0 Å². The van der Waals surface area contributed by atoms with Gasteiger partial charge < -0.3 is 10.2 Å². The van der Waals surface area contributed by atoms with Crippen molar-refractivity contribution in [1.82, 2.24) is 10.2 Å². The van der Waals surface area contributed by atoms with E-state index >= 15 is 0 Å². The Morgan fingerprint density at radius 1 is 1.25 bits per heavy atom. The number of hydrogen-bond donors (Lipinski definition) is 1. The molecule has 1 heterocycles. The highest BCUT2D eigenvalue weighted by atomic mass is 15.2. The Morgan fingerprint density at radius 2 is 1.94 bits per heavy atom. The van der Waals surface area contributed by atoms with Crippen LogP contribution in [0.3, 0.4) is 0 Å². The van der Waals surface area contributed by atoms with E-state index in [2.05, 4.69) is 37.9 Å². The average molecular weight is 224 g/mol. The maximum absolute atomic E-state index is 3.72. The van der Waals surface area contributed by atoms with E-state index in [0.717, 1.165) is 12.0 Å². The van der Waals surface area contributed by atoms with Gasteiger partial charge in [-0.1, -0.05) is 20.8 Å². The van der Waals surface area contributed by atoms with Crippen molar-refractivity contribution in [3.8, 4) is 0 Å². The topological polar surface area (TPSA) is 15.3 Å². The van der Waals surface area contributed by atoms with Crippen LogP contribution in [0.4, 0.5) is 0 Å². The summed E-state index contributed by atoms with van der Waals surface area (Å²) in [5.74, 6) is 0.894. The van der Waals surface area contributed by atoms with E-state index in [1.54, 1.807) is 0 Å². The van der Waals surface area contributed by atoms with Gasteiger partial charge in [0, 0.05) is 18.6 Å². The standard InChI is InChI=1S/C14H28N2/c1-11(14(2,3)4)15-9-12-7-8-16(10-12)13-5-6-13/h11-13,15H,5-10H2,1-4H3. The summed E-state index contributed by atoms with van der Waals surface area (Å²) in [6.45, 7) is 13.2. The van der Waals surface area contributed by atoms with E-state index in [9.17, 15) is 0 Å². The molecule has 0 bridgehead atoms. The summed E-state index contributed by atoms with van der Waals surface area (Å²) in [6, 6.07) is 1.58. The van der Waals surface area contributed by atoms with Gasteiger partial charge in [0.1, 0.15) is 0 Å². The lowest BCUT2D eigenvalue weighted by Crippen LogP contribution is -2.40. The maximum Gasteiger partial charge on any atom is 0.00965 e. The molecule has 2 fully saturated rings. The first-order valence-corrected chi connectivity index (χ1v) is 6.94. The van der Waals surface area contributed by atoms with Gasteiger partial charge in [-0.2, -0.15) is 0 Å². The van der Waals surface area contributed by atoms with Gasteiger partial charge in [-0.15, -0.1) is 0 Å². The van der Waals surface area contributed by atoms with Crippen molar-refractivity contribution in [2.24, 2.45) is 11.3 Å². The molecular weight excluding hydrogens is 196 g/mol. The summed E-state index contributed by atoms with van der Waals surface area (Å²) in [5, 5.41) is 3.72. The van der Waals surface area contributed by atoms with Crippen LogP contribution in [0.25, 0.3) is 0 Å². The second-order valence-electron chi connectivity index (χ2n) is 6.88. The molecule has 0 spiro atoms. The van der Waals surface area contributed by atoms with Crippen molar-refractivity contribution in [2.45, 2.75) is 59.0 Å². The van der Waals surface area contributed by atoms with Crippen LogP contribution in [-0.2, 0) is 0 Å². The Hall–Kier alpha value is -0.0800. The molecule has 0 aromatic carbocycles. The molecule has 2 rings (SSSR count). The number of likely N-dealkylation sites (tertiary alicyclic amines) is 1. The van der Waals surface area contributed by atoms with E-state index < -0.39 is 0 Å². The highest BCUT2D eigenvalue weighted by Crippen LogP contribution is 2.31. The third-order valence-corrected chi connectivity index (χ3v) is 4.39. The largest absolute Gasteiger partial charge is 0.313 e. The zero-order chi connectivity index (χ0) is 11.8. The van der Waals surface area contributed by atoms with E-state index in [4.69, 9.17) is 0 Å². The Morgan fingerprint density at radius 3 is 2.50 bits per heavy atom. The third-order valence-electron chi connectivity index (χ3n) is 4.39. The smallest absolute Gasteiger partial charge is 0.00965 e. The molecule has 2 aliphatic rings. The first kappa shape index (κ1) is 12.4. The first-order valence-electron chi connectivity index (χ1n) is 6.94. The van der Waals surface area contributed by atoms with Crippen LogP contribution in [-0.4, -0.2) is 36.6 Å². The molecule has 1 aliphatic heterocycles. The van der Waals surface area contributed by atoms with Crippen LogP contribution in [0.2, 0.25) is 0 Å². The Labute approximate surface area is 101 Å². The number of nitrogens with one attached hydrogen (secondary N) is 1. The van der Waals surface area contributed by atoms with Gasteiger partial charge in [0.15, 0.2) is 0 Å². The molecule has 1 N–H and O–H groups in total. The van der Waals surface area contributed by atoms with Gasteiger partial charge in [-0.25, -0.2) is 0 Å². The van der Waals surface area contributed by atoms with Crippen LogP contribution in [0.1, 0.15) is 47.0 Å². The van der Waals surface area contributed by atoms with Crippen LogP contribution < -0.4 is 5.32 Å². The normalized spacial score (nSPS) is 29.6. The van der Waals surface area contributed by atoms with Gasteiger partial charge in [-0.3, -0.25) is 0 Å². The monoisotopic (exact) mass is 224 g/mol. The van der Waals surface area contributed by atoms with Gasteiger partial charge >= 0.3 is 0 Å². The summed E-state index contributed by atoms with van der Waals surface area (Å²) < 4.78 is 0. The lowest BCUT2D eigenvalue weighted by molar-refractivity contribution is 0.266. The van der Waals surface area contributed by atoms with Crippen LogP contribution in [0.15, 0.2) is 0 Å². The van der Waals surface area contributed by atoms with Crippen molar-refractivity contribution >= 4 is 0 Å². The SMILES string of the molecule is CC(NCC1CCN(C2CC2)C1)C(C)(C)C. The van der Waals surface area contributed by atoms with Gasteiger partial charge in [0.25, 0.3) is 0 Å². The molecule has 16 heavy (non-hydrogen) atoms.